The van der Waals surface area contributed by atoms with E-state index in [2.05, 4.69) is 9.71 Å². The molecule has 0 bridgehead atoms. The van der Waals surface area contributed by atoms with Crippen LogP contribution in [0.15, 0.2) is 41.4 Å². The first-order chi connectivity index (χ1) is 9.42. The van der Waals surface area contributed by atoms with Gasteiger partial charge in [-0.2, -0.15) is 5.26 Å². The Morgan fingerprint density at radius 1 is 1.20 bits per heavy atom. The Bertz CT molecular complexity index is 775. The van der Waals surface area contributed by atoms with Gasteiger partial charge in [-0.05, 0) is 37.6 Å². The largest absolute Gasteiger partial charge is 0.279 e. The fourth-order valence-electron chi connectivity index (χ4n) is 1.74. The van der Waals surface area contributed by atoms with Crippen LogP contribution in [0.4, 0.5) is 5.69 Å². The smallest absolute Gasteiger partial charge is 0.263 e. The van der Waals surface area contributed by atoms with Gasteiger partial charge in [0.2, 0.25) is 0 Å². The van der Waals surface area contributed by atoms with Gasteiger partial charge in [-0.15, -0.1) is 0 Å². The second-order valence-electron chi connectivity index (χ2n) is 4.41. The van der Waals surface area contributed by atoms with Crippen molar-refractivity contribution in [3.05, 3.63) is 53.3 Å². The molecule has 0 unspecified atom stereocenters. The van der Waals surface area contributed by atoms with E-state index in [1.54, 1.807) is 6.07 Å². The highest BCUT2D eigenvalue weighted by Crippen LogP contribution is 2.20. The molecule has 102 valence electrons. The summed E-state index contributed by atoms with van der Waals surface area (Å²) in [5.74, 6) is 0. The molecule has 0 atom stereocenters. The number of nitrogens with zero attached hydrogens (tertiary/aromatic N) is 2. The van der Waals surface area contributed by atoms with Crippen molar-refractivity contribution in [1.29, 1.82) is 5.26 Å². The number of nitriles is 1. The first-order valence-electron chi connectivity index (χ1n) is 5.88. The van der Waals surface area contributed by atoms with Crippen molar-refractivity contribution < 1.29 is 8.42 Å². The standard InChI is InChI=1S/C14H13N3O2S/c1-10-3-6-14(11(2)7-10)17-20(18,19)13-5-4-12(8-15)16-9-13/h3-7,9,17H,1-2H3. The monoisotopic (exact) mass is 287 g/mol. The number of benzene rings is 1. The summed E-state index contributed by atoms with van der Waals surface area (Å²) < 4.78 is 26.9. The number of nitrogens with one attached hydrogen (secondary N) is 1. The molecular weight excluding hydrogens is 274 g/mol. The van der Waals surface area contributed by atoms with E-state index in [0.29, 0.717) is 5.69 Å². The SMILES string of the molecule is Cc1ccc(NS(=O)(=O)c2ccc(C#N)nc2)c(C)c1. The van der Waals surface area contributed by atoms with Crippen LogP contribution in [0.25, 0.3) is 0 Å². The lowest BCUT2D eigenvalue weighted by Gasteiger charge is -2.10. The van der Waals surface area contributed by atoms with Crippen LogP contribution in [0.3, 0.4) is 0 Å². The van der Waals surface area contributed by atoms with Gasteiger partial charge < -0.3 is 0 Å². The Labute approximate surface area is 118 Å². The number of sulfonamides is 1. The molecular formula is C14H13N3O2S. The zero-order valence-electron chi connectivity index (χ0n) is 11.1. The molecule has 0 saturated carbocycles. The van der Waals surface area contributed by atoms with Crippen LogP contribution < -0.4 is 4.72 Å². The van der Waals surface area contributed by atoms with Gasteiger partial charge in [0.25, 0.3) is 10.0 Å². The van der Waals surface area contributed by atoms with E-state index in [-0.39, 0.29) is 10.6 Å². The van der Waals surface area contributed by atoms with E-state index in [1.165, 1.54) is 18.3 Å². The van der Waals surface area contributed by atoms with Gasteiger partial charge in [-0.1, -0.05) is 17.7 Å². The molecule has 2 aromatic rings. The molecule has 1 aromatic carbocycles. The molecule has 0 spiro atoms. The third-order valence-corrected chi connectivity index (χ3v) is 4.14. The molecule has 0 amide bonds. The summed E-state index contributed by atoms with van der Waals surface area (Å²) in [5, 5.41) is 8.65. The minimum atomic E-state index is -3.70. The van der Waals surface area contributed by atoms with Crippen molar-refractivity contribution in [3.8, 4) is 6.07 Å². The van der Waals surface area contributed by atoms with Crippen LogP contribution in [0.1, 0.15) is 16.8 Å². The van der Waals surface area contributed by atoms with E-state index in [4.69, 9.17) is 5.26 Å². The van der Waals surface area contributed by atoms with Crippen LogP contribution in [-0.4, -0.2) is 13.4 Å². The molecule has 1 N–H and O–H groups in total. The van der Waals surface area contributed by atoms with Gasteiger partial charge in [-0.25, -0.2) is 13.4 Å². The fraction of sp³-hybridized carbons (Fsp3) is 0.143. The molecule has 6 heteroatoms. The molecule has 1 aromatic heterocycles. The zero-order valence-corrected chi connectivity index (χ0v) is 11.9. The minimum Gasteiger partial charge on any atom is -0.279 e. The molecule has 0 aliphatic heterocycles. The maximum absolute atomic E-state index is 12.2. The van der Waals surface area contributed by atoms with Gasteiger partial charge in [0.1, 0.15) is 16.7 Å². The summed E-state index contributed by atoms with van der Waals surface area (Å²) in [7, 11) is -3.70. The number of rotatable bonds is 3. The number of hydrogen-bond acceptors (Lipinski definition) is 4. The van der Waals surface area contributed by atoms with E-state index >= 15 is 0 Å². The van der Waals surface area contributed by atoms with E-state index in [9.17, 15) is 8.42 Å². The van der Waals surface area contributed by atoms with Crippen molar-refractivity contribution in [2.24, 2.45) is 0 Å². The van der Waals surface area contributed by atoms with Crippen molar-refractivity contribution in [2.45, 2.75) is 18.7 Å². The maximum atomic E-state index is 12.2. The van der Waals surface area contributed by atoms with Gasteiger partial charge in [0.05, 0.1) is 5.69 Å². The maximum Gasteiger partial charge on any atom is 0.263 e. The van der Waals surface area contributed by atoms with Crippen molar-refractivity contribution >= 4 is 15.7 Å². The zero-order chi connectivity index (χ0) is 14.8. The summed E-state index contributed by atoms with van der Waals surface area (Å²) >= 11 is 0. The van der Waals surface area contributed by atoms with Crippen LogP contribution in [-0.2, 0) is 10.0 Å². The van der Waals surface area contributed by atoms with Gasteiger partial charge in [0, 0.05) is 6.20 Å². The molecule has 0 radical (unpaired) electrons. The Balaban J connectivity index is 2.33. The van der Waals surface area contributed by atoms with Crippen LogP contribution >= 0.6 is 0 Å². The van der Waals surface area contributed by atoms with Crippen LogP contribution in [0.5, 0.6) is 0 Å². The van der Waals surface area contributed by atoms with E-state index < -0.39 is 10.0 Å². The summed E-state index contributed by atoms with van der Waals surface area (Å²) in [4.78, 5) is 3.79. The predicted octanol–water partition coefficient (Wildman–Crippen LogP) is 2.37. The summed E-state index contributed by atoms with van der Waals surface area (Å²) in [6.45, 7) is 3.78. The number of pyridine rings is 1. The Morgan fingerprint density at radius 2 is 1.95 bits per heavy atom. The van der Waals surface area contributed by atoms with Crippen molar-refractivity contribution in [3.63, 3.8) is 0 Å². The molecule has 0 aliphatic carbocycles. The molecule has 1 heterocycles. The van der Waals surface area contributed by atoms with E-state index in [0.717, 1.165) is 11.1 Å². The van der Waals surface area contributed by atoms with Crippen molar-refractivity contribution in [1.82, 2.24) is 4.98 Å². The quantitative estimate of drug-likeness (QED) is 0.939. The van der Waals surface area contributed by atoms with Gasteiger partial charge in [-0.3, -0.25) is 4.72 Å². The first kappa shape index (κ1) is 14.0. The van der Waals surface area contributed by atoms with Gasteiger partial charge >= 0.3 is 0 Å². The summed E-state index contributed by atoms with van der Waals surface area (Å²) in [6, 6.07) is 10.0. The Hall–Kier alpha value is -2.39. The lowest BCUT2D eigenvalue weighted by molar-refractivity contribution is 0.600. The van der Waals surface area contributed by atoms with E-state index in [1.807, 2.05) is 32.0 Å². The summed E-state index contributed by atoms with van der Waals surface area (Å²) in [6.07, 6.45) is 1.17. The summed E-state index contributed by atoms with van der Waals surface area (Å²) in [5.41, 5.74) is 2.61. The second kappa shape index (κ2) is 5.31. The fourth-order valence-corrected chi connectivity index (χ4v) is 2.81. The average molecular weight is 287 g/mol. The lowest BCUT2D eigenvalue weighted by atomic mass is 10.1. The number of aromatic nitrogens is 1. The van der Waals surface area contributed by atoms with Crippen LogP contribution in [0, 0.1) is 25.2 Å². The molecule has 5 nitrogen and oxygen atoms in total. The number of anilines is 1. The lowest BCUT2D eigenvalue weighted by Crippen LogP contribution is -2.14. The molecule has 20 heavy (non-hydrogen) atoms. The third-order valence-electron chi connectivity index (χ3n) is 2.79. The first-order valence-corrected chi connectivity index (χ1v) is 7.37. The topological polar surface area (TPSA) is 82.9 Å². The highest BCUT2D eigenvalue weighted by Gasteiger charge is 2.15. The molecule has 0 aliphatic rings. The second-order valence-corrected chi connectivity index (χ2v) is 6.10. The predicted molar refractivity (Wildman–Crippen MR) is 75.7 cm³/mol. The minimum absolute atomic E-state index is 0.0245. The molecule has 0 saturated heterocycles. The third kappa shape index (κ3) is 2.95. The number of aryl methyl sites for hydroxylation is 2. The highest BCUT2D eigenvalue weighted by molar-refractivity contribution is 7.92. The number of hydrogen-bond donors (Lipinski definition) is 1. The normalized spacial score (nSPS) is 10.8. The van der Waals surface area contributed by atoms with Crippen molar-refractivity contribution in [2.75, 3.05) is 4.72 Å². The average Bonchev–Trinajstić information content (AvgIpc) is 2.42. The Morgan fingerprint density at radius 3 is 2.50 bits per heavy atom. The molecule has 0 fully saturated rings. The van der Waals surface area contributed by atoms with Gasteiger partial charge in [0.15, 0.2) is 0 Å². The Kier molecular flexibility index (Phi) is 3.72. The van der Waals surface area contributed by atoms with Crippen LogP contribution in [0.2, 0.25) is 0 Å². The highest BCUT2D eigenvalue weighted by atomic mass is 32.2. The molecule has 2 rings (SSSR count).